The number of halogens is 1. The molecule has 2 rings (SSSR count). The predicted octanol–water partition coefficient (Wildman–Crippen LogP) is 3.16. The van der Waals surface area contributed by atoms with Gasteiger partial charge in [0.05, 0.1) is 23.5 Å². The van der Waals surface area contributed by atoms with Crippen LogP contribution in [0.1, 0.15) is 5.56 Å². The van der Waals surface area contributed by atoms with Crippen LogP contribution in [0.4, 0.5) is 0 Å². The van der Waals surface area contributed by atoms with Crippen molar-refractivity contribution in [3.8, 4) is 17.0 Å². The number of hydrogen-bond acceptors (Lipinski definition) is 2. The van der Waals surface area contributed by atoms with E-state index in [1.807, 2.05) is 19.1 Å². The average molecular weight is 267 g/mol. The van der Waals surface area contributed by atoms with E-state index in [0.29, 0.717) is 0 Å². The third kappa shape index (κ3) is 1.90. The molecule has 0 aliphatic rings. The minimum absolute atomic E-state index is 0.898. The molecule has 0 spiro atoms. The van der Waals surface area contributed by atoms with Gasteiger partial charge in [0.15, 0.2) is 0 Å². The molecule has 0 aliphatic heterocycles. The van der Waals surface area contributed by atoms with Crippen molar-refractivity contribution in [2.24, 2.45) is 0 Å². The first-order valence-corrected chi connectivity index (χ1v) is 5.35. The number of benzene rings is 1. The molecule has 1 heterocycles. The molecular weight excluding hydrogens is 256 g/mol. The second-order valence-electron chi connectivity index (χ2n) is 3.28. The second kappa shape index (κ2) is 4.06. The molecule has 15 heavy (non-hydrogen) atoms. The fourth-order valence-corrected chi connectivity index (χ4v) is 1.93. The van der Waals surface area contributed by atoms with E-state index in [-0.39, 0.29) is 0 Å². The lowest BCUT2D eigenvalue weighted by atomic mass is 10.1. The van der Waals surface area contributed by atoms with Gasteiger partial charge in [-0.05, 0) is 46.6 Å². The van der Waals surface area contributed by atoms with Crippen LogP contribution in [0.5, 0.6) is 5.75 Å². The summed E-state index contributed by atoms with van der Waals surface area (Å²) < 4.78 is 6.17. The molecule has 0 radical (unpaired) electrons. The van der Waals surface area contributed by atoms with E-state index < -0.39 is 0 Å². The van der Waals surface area contributed by atoms with Crippen molar-refractivity contribution in [2.45, 2.75) is 6.92 Å². The van der Waals surface area contributed by atoms with Gasteiger partial charge < -0.3 is 4.74 Å². The van der Waals surface area contributed by atoms with Crippen LogP contribution >= 0.6 is 15.9 Å². The summed E-state index contributed by atoms with van der Waals surface area (Å²) in [5.74, 6) is 0.898. The molecule has 0 unspecified atom stereocenters. The van der Waals surface area contributed by atoms with Gasteiger partial charge in [-0.2, -0.15) is 5.10 Å². The minimum Gasteiger partial charge on any atom is -0.496 e. The first-order chi connectivity index (χ1) is 7.22. The molecule has 0 amide bonds. The second-order valence-corrected chi connectivity index (χ2v) is 4.13. The smallest absolute Gasteiger partial charge is 0.121 e. The van der Waals surface area contributed by atoms with Gasteiger partial charge in [-0.3, -0.25) is 5.10 Å². The summed E-state index contributed by atoms with van der Waals surface area (Å²) in [6.07, 6.45) is 1.74. The van der Waals surface area contributed by atoms with Crippen LogP contribution in [0.2, 0.25) is 0 Å². The third-order valence-electron chi connectivity index (χ3n) is 2.28. The Balaban J connectivity index is 2.47. The Morgan fingerprint density at radius 1 is 1.40 bits per heavy atom. The van der Waals surface area contributed by atoms with E-state index in [4.69, 9.17) is 4.74 Å². The summed E-state index contributed by atoms with van der Waals surface area (Å²) in [5.41, 5.74) is 3.19. The van der Waals surface area contributed by atoms with Crippen molar-refractivity contribution in [1.29, 1.82) is 0 Å². The molecular formula is C11H11BrN2O. The van der Waals surface area contributed by atoms with Crippen molar-refractivity contribution < 1.29 is 4.74 Å². The lowest BCUT2D eigenvalue weighted by Gasteiger charge is -2.06. The highest BCUT2D eigenvalue weighted by molar-refractivity contribution is 9.10. The fourth-order valence-electron chi connectivity index (χ4n) is 1.51. The van der Waals surface area contributed by atoms with E-state index in [1.165, 1.54) is 0 Å². The van der Waals surface area contributed by atoms with Crippen LogP contribution in [0.3, 0.4) is 0 Å². The van der Waals surface area contributed by atoms with Crippen molar-refractivity contribution in [3.63, 3.8) is 0 Å². The lowest BCUT2D eigenvalue weighted by Crippen LogP contribution is -1.88. The quantitative estimate of drug-likeness (QED) is 0.907. The van der Waals surface area contributed by atoms with Crippen LogP contribution in [0.15, 0.2) is 28.9 Å². The van der Waals surface area contributed by atoms with Crippen molar-refractivity contribution in [3.05, 3.63) is 34.4 Å². The Labute approximate surface area is 96.6 Å². The largest absolute Gasteiger partial charge is 0.496 e. The van der Waals surface area contributed by atoms with Gasteiger partial charge in [-0.15, -0.1) is 0 Å². The van der Waals surface area contributed by atoms with Gasteiger partial charge in [-0.1, -0.05) is 0 Å². The number of aromatic nitrogens is 2. The molecule has 1 aromatic heterocycles. The zero-order chi connectivity index (χ0) is 10.8. The zero-order valence-corrected chi connectivity index (χ0v) is 10.1. The molecule has 4 heteroatoms. The first kappa shape index (κ1) is 10.2. The van der Waals surface area contributed by atoms with E-state index in [2.05, 4.69) is 32.2 Å². The highest BCUT2D eigenvalue weighted by Crippen LogP contribution is 2.29. The van der Waals surface area contributed by atoms with Crippen molar-refractivity contribution in [1.82, 2.24) is 10.2 Å². The summed E-state index contributed by atoms with van der Waals surface area (Å²) >= 11 is 3.44. The number of rotatable bonds is 2. The normalized spacial score (nSPS) is 10.3. The minimum atomic E-state index is 0.898. The Morgan fingerprint density at radius 2 is 2.20 bits per heavy atom. The SMILES string of the molecule is COc1ccc(-c2[nH]ncc2Br)cc1C. The number of aryl methyl sites for hydroxylation is 1. The number of nitrogens with one attached hydrogen (secondary N) is 1. The highest BCUT2D eigenvalue weighted by atomic mass is 79.9. The Bertz CT molecular complexity index is 479. The van der Waals surface area contributed by atoms with Crippen LogP contribution < -0.4 is 4.74 Å². The zero-order valence-electron chi connectivity index (χ0n) is 8.54. The van der Waals surface area contributed by atoms with Gasteiger partial charge in [-0.25, -0.2) is 0 Å². The number of hydrogen-bond donors (Lipinski definition) is 1. The van der Waals surface area contributed by atoms with Crippen LogP contribution in [-0.4, -0.2) is 17.3 Å². The summed E-state index contributed by atoms with van der Waals surface area (Å²) in [6, 6.07) is 6.03. The highest BCUT2D eigenvalue weighted by Gasteiger charge is 2.06. The maximum Gasteiger partial charge on any atom is 0.121 e. The lowest BCUT2D eigenvalue weighted by molar-refractivity contribution is 0.412. The molecule has 1 N–H and O–H groups in total. The molecule has 0 aliphatic carbocycles. The van der Waals surface area contributed by atoms with Crippen LogP contribution in [0.25, 0.3) is 11.3 Å². The monoisotopic (exact) mass is 266 g/mol. The third-order valence-corrected chi connectivity index (χ3v) is 2.88. The molecule has 3 nitrogen and oxygen atoms in total. The first-order valence-electron chi connectivity index (χ1n) is 4.56. The number of methoxy groups -OCH3 is 1. The van der Waals surface area contributed by atoms with Crippen LogP contribution in [0, 0.1) is 6.92 Å². The van der Waals surface area contributed by atoms with Gasteiger partial charge in [0.25, 0.3) is 0 Å². The Hall–Kier alpha value is -1.29. The van der Waals surface area contributed by atoms with E-state index in [1.54, 1.807) is 13.3 Å². The molecule has 0 bridgehead atoms. The summed E-state index contributed by atoms with van der Waals surface area (Å²) in [4.78, 5) is 0. The van der Waals surface area contributed by atoms with Crippen molar-refractivity contribution in [2.75, 3.05) is 7.11 Å². The van der Waals surface area contributed by atoms with E-state index >= 15 is 0 Å². The van der Waals surface area contributed by atoms with E-state index in [0.717, 1.165) is 27.0 Å². The molecule has 1 aromatic carbocycles. The van der Waals surface area contributed by atoms with Gasteiger partial charge in [0, 0.05) is 5.56 Å². The number of ether oxygens (including phenoxy) is 1. The molecule has 0 saturated carbocycles. The molecule has 2 aromatic rings. The van der Waals surface area contributed by atoms with Crippen LogP contribution in [-0.2, 0) is 0 Å². The van der Waals surface area contributed by atoms with Gasteiger partial charge >= 0.3 is 0 Å². The predicted molar refractivity (Wildman–Crippen MR) is 63.0 cm³/mol. The number of H-pyrrole nitrogens is 1. The van der Waals surface area contributed by atoms with E-state index in [9.17, 15) is 0 Å². The van der Waals surface area contributed by atoms with Gasteiger partial charge in [0.2, 0.25) is 0 Å². The van der Waals surface area contributed by atoms with Crippen molar-refractivity contribution >= 4 is 15.9 Å². The Kier molecular flexibility index (Phi) is 2.77. The molecule has 0 fully saturated rings. The Morgan fingerprint density at radius 3 is 2.73 bits per heavy atom. The summed E-state index contributed by atoms with van der Waals surface area (Å²) in [7, 11) is 1.67. The molecule has 78 valence electrons. The fraction of sp³-hybridized carbons (Fsp3) is 0.182. The number of aromatic amines is 1. The summed E-state index contributed by atoms with van der Waals surface area (Å²) in [5, 5.41) is 6.92. The molecule has 0 saturated heterocycles. The van der Waals surface area contributed by atoms with Gasteiger partial charge in [0.1, 0.15) is 5.75 Å². The standard InChI is InChI=1S/C11H11BrN2O/c1-7-5-8(3-4-10(7)15-2)11-9(12)6-13-14-11/h3-6H,1-2H3,(H,13,14). The maximum atomic E-state index is 5.21. The molecule has 0 atom stereocenters. The topological polar surface area (TPSA) is 37.9 Å². The maximum absolute atomic E-state index is 5.21. The average Bonchev–Trinajstić information content (AvgIpc) is 2.64. The number of nitrogens with zero attached hydrogens (tertiary/aromatic N) is 1. The summed E-state index contributed by atoms with van der Waals surface area (Å²) in [6.45, 7) is 2.02.